The van der Waals surface area contributed by atoms with Gasteiger partial charge in [0.05, 0.1) is 17.7 Å². The summed E-state index contributed by atoms with van der Waals surface area (Å²) in [6, 6.07) is 10.4. The number of nitrogens with two attached hydrogens (primary N) is 1. The average Bonchev–Trinajstić information content (AvgIpc) is 2.59. The Morgan fingerprint density at radius 3 is 2.44 bits per heavy atom. The summed E-state index contributed by atoms with van der Waals surface area (Å²) in [6.45, 7) is 3.91. The molecule has 0 spiro atoms. The molecule has 4 nitrogen and oxygen atoms in total. The fourth-order valence-electron chi connectivity index (χ4n) is 3.46. The van der Waals surface area contributed by atoms with E-state index in [-0.39, 0.29) is 0 Å². The van der Waals surface area contributed by atoms with E-state index in [1.54, 1.807) is 6.92 Å². The zero-order valence-corrected chi connectivity index (χ0v) is 15.9. The highest BCUT2D eigenvalue weighted by Crippen LogP contribution is 2.35. The van der Waals surface area contributed by atoms with Gasteiger partial charge in [-0.3, -0.25) is 0 Å². The maximum absolute atomic E-state index is 11.3. The number of nitriles is 1. The molecule has 0 fully saturated rings. The molecular weight excluding hydrogens is 332 g/mol. The molecule has 0 saturated heterocycles. The molecule has 136 valence electrons. The number of sulfonamides is 1. The van der Waals surface area contributed by atoms with Crippen LogP contribution < -0.4 is 5.14 Å². The lowest BCUT2D eigenvalue weighted by molar-refractivity contribution is 0.310. The summed E-state index contributed by atoms with van der Waals surface area (Å²) in [7, 11) is -3.41. The van der Waals surface area contributed by atoms with Crippen molar-refractivity contribution in [3.63, 3.8) is 0 Å². The molecule has 1 aliphatic carbocycles. The van der Waals surface area contributed by atoms with Crippen molar-refractivity contribution in [2.45, 2.75) is 57.6 Å². The Kier molecular flexibility index (Phi) is 6.80. The maximum Gasteiger partial charge on any atom is 0.211 e. The van der Waals surface area contributed by atoms with Gasteiger partial charge in [0.1, 0.15) is 0 Å². The van der Waals surface area contributed by atoms with Gasteiger partial charge in [-0.1, -0.05) is 37.3 Å². The van der Waals surface area contributed by atoms with Crippen LogP contribution in [0.3, 0.4) is 0 Å². The summed E-state index contributed by atoms with van der Waals surface area (Å²) in [5.74, 6) is 1.11. The lowest BCUT2D eigenvalue weighted by Gasteiger charge is -2.28. The topological polar surface area (TPSA) is 84.0 Å². The van der Waals surface area contributed by atoms with E-state index in [9.17, 15) is 8.42 Å². The van der Waals surface area contributed by atoms with Gasteiger partial charge in [0.25, 0.3) is 0 Å². The second kappa shape index (κ2) is 8.64. The summed E-state index contributed by atoms with van der Waals surface area (Å²) in [5, 5.41) is 13.5. The molecule has 3 atom stereocenters. The Morgan fingerprint density at radius 2 is 1.92 bits per heavy atom. The quantitative estimate of drug-likeness (QED) is 0.796. The number of rotatable bonds is 7. The molecule has 2 rings (SSSR count). The van der Waals surface area contributed by atoms with Gasteiger partial charge in [0, 0.05) is 0 Å². The van der Waals surface area contributed by atoms with E-state index in [1.807, 2.05) is 12.1 Å². The van der Waals surface area contributed by atoms with Crippen molar-refractivity contribution in [2.24, 2.45) is 17.0 Å². The SMILES string of the molecule is CC(CCC(C)S(N)(=O)=O)C1CC=C(c2ccc(CC#N)cc2)CC1. The van der Waals surface area contributed by atoms with Crippen LogP contribution in [0.4, 0.5) is 0 Å². The molecule has 0 radical (unpaired) electrons. The third-order valence-electron chi connectivity index (χ3n) is 5.45. The highest BCUT2D eigenvalue weighted by atomic mass is 32.2. The minimum absolute atomic E-state index is 0.454. The molecule has 1 aliphatic rings. The van der Waals surface area contributed by atoms with Crippen molar-refractivity contribution in [3.8, 4) is 6.07 Å². The number of nitrogens with zero attached hydrogens (tertiary/aromatic N) is 1. The van der Waals surface area contributed by atoms with Crippen molar-refractivity contribution < 1.29 is 8.42 Å². The first-order valence-electron chi connectivity index (χ1n) is 8.98. The van der Waals surface area contributed by atoms with E-state index >= 15 is 0 Å². The predicted octanol–water partition coefficient (Wildman–Crippen LogP) is 4.03. The molecule has 0 bridgehead atoms. The smallest absolute Gasteiger partial charge is 0.211 e. The van der Waals surface area contributed by atoms with Gasteiger partial charge in [-0.2, -0.15) is 5.26 Å². The van der Waals surface area contributed by atoms with E-state index in [4.69, 9.17) is 10.4 Å². The molecule has 0 heterocycles. The van der Waals surface area contributed by atoms with Crippen molar-refractivity contribution in [1.29, 1.82) is 5.26 Å². The molecule has 25 heavy (non-hydrogen) atoms. The monoisotopic (exact) mass is 360 g/mol. The zero-order valence-electron chi connectivity index (χ0n) is 15.1. The summed E-state index contributed by atoms with van der Waals surface area (Å²) in [6.07, 6.45) is 7.54. The first kappa shape index (κ1) is 19.7. The molecule has 0 amide bonds. The standard InChI is InChI=1S/C20H28N2O2S/c1-15(3-4-16(2)25(22,23)24)18-9-11-20(12-10-18)19-7-5-17(6-8-19)13-14-21/h5-8,11,15-16,18H,3-4,9-10,12-13H2,1-2H3,(H2,22,23,24). The molecule has 0 aliphatic heterocycles. The minimum atomic E-state index is -3.41. The van der Waals surface area contributed by atoms with Gasteiger partial charge < -0.3 is 0 Å². The van der Waals surface area contributed by atoms with Crippen molar-refractivity contribution >= 4 is 15.6 Å². The van der Waals surface area contributed by atoms with E-state index in [2.05, 4.69) is 31.2 Å². The number of hydrogen-bond donors (Lipinski definition) is 1. The Morgan fingerprint density at radius 1 is 1.24 bits per heavy atom. The Bertz CT molecular complexity index is 745. The van der Waals surface area contributed by atoms with Crippen LogP contribution in [0.15, 0.2) is 30.3 Å². The number of allylic oxidation sites excluding steroid dienone is 2. The predicted molar refractivity (Wildman–Crippen MR) is 102 cm³/mol. The van der Waals surface area contributed by atoms with Gasteiger partial charge in [-0.05, 0) is 67.6 Å². The number of benzene rings is 1. The number of hydrogen-bond acceptors (Lipinski definition) is 3. The Labute approximate surface area is 151 Å². The Hall–Kier alpha value is -1.64. The van der Waals surface area contributed by atoms with E-state index in [0.717, 1.165) is 31.2 Å². The normalized spacial score (nSPS) is 20.4. The fraction of sp³-hybridized carbons (Fsp3) is 0.550. The third-order valence-corrected chi connectivity index (χ3v) is 6.81. The average molecular weight is 361 g/mol. The van der Waals surface area contributed by atoms with E-state index in [1.165, 1.54) is 11.1 Å². The van der Waals surface area contributed by atoms with Crippen LogP contribution in [-0.4, -0.2) is 13.7 Å². The van der Waals surface area contributed by atoms with Crippen molar-refractivity contribution in [2.75, 3.05) is 0 Å². The van der Waals surface area contributed by atoms with Crippen molar-refractivity contribution in [3.05, 3.63) is 41.5 Å². The minimum Gasteiger partial charge on any atom is -0.228 e. The number of primary sulfonamides is 1. The highest BCUT2D eigenvalue weighted by Gasteiger charge is 2.23. The van der Waals surface area contributed by atoms with Gasteiger partial charge in [0.2, 0.25) is 10.0 Å². The van der Waals surface area contributed by atoms with Gasteiger partial charge >= 0.3 is 0 Å². The molecular formula is C20H28N2O2S. The molecule has 1 aromatic rings. The van der Waals surface area contributed by atoms with Crippen LogP contribution in [0.25, 0.3) is 5.57 Å². The lowest BCUT2D eigenvalue weighted by atomic mass is 9.78. The molecule has 0 saturated carbocycles. The van der Waals surface area contributed by atoms with Gasteiger partial charge in [-0.15, -0.1) is 0 Å². The summed E-state index contributed by atoms with van der Waals surface area (Å²) in [4.78, 5) is 0. The first-order chi connectivity index (χ1) is 11.8. The highest BCUT2D eigenvalue weighted by molar-refractivity contribution is 7.89. The van der Waals surface area contributed by atoms with Gasteiger partial charge in [0.15, 0.2) is 0 Å². The van der Waals surface area contributed by atoms with Crippen LogP contribution in [0.2, 0.25) is 0 Å². The molecule has 5 heteroatoms. The van der Waals surface area contributed by atoms with Crippen LogP contribution >= 0.6 is 0 Å². The van der Waals surface area contributed by atoms with Crippen LogP contribution in [0.5, 0.6) is 0 Å². The first-order valence-corrected chi connectivity index (χ1v) is 10.6. The van der Waals surface area contributed by atoms with Gasteiger partial charge in [-0.25, -0.2) is 13.6 Å². The molecule has 1 aromatic carbocycles. The second-order valence-electron chi connectivity index (χ2n) is 7.25. The molecule has 2 N–H and O–H groups in total. The second-order valence-corrected chi connectivity index (χ2v) is 9.23. The van der Waals surface area contributed by atoms with Crippen LogP contribution in [-0.2, 0) is 16.4 Å². The largest absolute Gasteiger partial charge is 0.228 e. The molecule has 3 unspecified atom stereocenters. The van der Waals surface area contributed by atoms with Crippen LogP contribution in [0, 0.1) is 23.2 Å². The van der Waals surface area contributed by atoms with E-state index in [0.29, 0.717) is 24.7 Å². The molecule has 0 aromatic heterocycles. The van der Waals surface area contributed by atoms with Crippen molar-refractivity contribution in [1.82, 2.24) is 0 Å². The zero-order chi connectivity index (χ0) is 18.4. The summed E-state index contributed by atoms with van der Waals surface area (Å²) < 4.78 is 22.7. The summed E-state index contributed by atoms with van der Waals surface area (Å²) >= 11 is 0. The fourth-order valence-corrected chi connectivity index (χ4v) is 3.92. The van der Waals surface area contributed by atoms with Crippen LogP contribution in [0.1, 0.15) is 57.1 Å². The third kappa shape index (κ3) is 5.69. The van der Waals surface area contributed by atoms with E-state index < -0.39 is 15.3 Å². The Balaban J connectivity index is 1.90. The lowest BCUT2D eigenvalue weighted by Crippen LogP contribution is -2.27. The maximum atomic E-state index is 11.3. The summed E-state index contributed by atoms with van der Waals surface area (Å²) in [5.41, 5.74) is 3.68.